The highest BCUT2D eigenvalue weighted by Crippen LogP contribution is 2.19. The number of ether oxygens (including phenoxy) is 2. The zero-order valence-corrected chi connectivity index (χ0v) is 15.8. The molecule has 2 heterocycles. The van der Waals surface area contributed by atoms with Crippen LogP contribution in [0.1, 0.15) is 26.6 Å². The van der Waals surface area contributed by atoms with E-state index in [-0.39, 0.29) is 18.0 Å². The molecule has 0 atom stereocenters. The highest BCUT2D eigenvalue weighted by molar-refractivity contribution is 7.12. The molecule has 6 nitrogen and oxygen atoms in total. The van der Waals surface area contributed by atoms with Gasteiger partial charge in [0, 0.05) is 25.0 Å². The Morgan fingerprint density at radius 3 is 2.77 bits per heavy atom. The van der Waals surface area contributed by atoms with Crippen LogP contribution in [0.3, 0.4) is 0 Å². The van der Waals surface area contributed by atoms with Gasteiger partial charge >= 0.3 is 5.97 Å². The Morgan fingerprint density at radius 2 is 2.15 bits per heavy atom. The summed E-state index contributed by atoms with van der Waals surface area (Å²) in [4.78, 5) is 24.6. The standard InChI is InChI=1S/C19H20N2O4S/c1-13-9-15(14(2)21(13)6-7-24-3)10-16(11-20)19(23)25-12-17(22)18-5-4-8-26-18/h4-5,8-10H,6-7,12H2,1-3H3/b16-10+. The molecule has 136 valence electrons. The van der Waals surface area contributed by atoms with E-state index in [0.717, 1.165) is 17.0 Å². The minimum atomic E-state index is -0.806. The van der Waals surface area contributed by atoms with Gasteiger partial charge in [0.05, 0.1) is 11.5 Å². The summed E-state index contributed by atoms with van der Waals surface area (Å²) in [6.07, 6.45) is 1.49. The first-order chi connectivity index (χ1) is 12.5. The molecule has 0 amide bonds. The zero-order chi connectivity index (χ0) is 19.1. The van der Waals surface area contributed by atoms with Gasteiger partial charge in [-0.1, -0.05) is 6.07 Å². The SMILES string of the molecule is COCCn1c(C)cc(/C=C(\C#N)C(=O)OCC(=O)c2cccs2)c1C. The van der Waals surface area contributed by atoms with Crippen molar-refractivity contribution in [2.45, 2.75) is 20.4 Å². The molecule has 0 saturated heterocycles. The topological polar surface area (TPSA) is 81.3 Å². The molecule has 0 bridgehead atoms. The summed E-state index contributed by atoms with van der Waals surface area (Å²) in [5, 5.41) is 11.1. The molecule has 0 unspecified atom stereocenters. The molecular weight excluding hydrogens is 352 g/mol. The van der Waals surface area contributed by atoms with E-state index in [9.17, 15) is 14.9 Å². The molecule has 0 N–H and O–H groups in total. The van der Waals surface area contributed by atoms with Gasteiger partial charge in [-0.05, 0) is 43.0 Å². The van der Waals surface area contributed by atoms with E-state index in [1.165, 1.54) is 17.4 Å². The number of nitrogens with zero attached hydrogens (tertiary/aromatic N) is 2. The zero-order valence-electron chi connectivity index (χ0n) is 14.9. The number of hydrogen-bond donors (Lipinski definition) is 0. The van der Waals surface area contributed by atoms with E-state index in [2.05, 4.69) is 4.57 Å². The number of hydrogen-bond acceptors (Lipinski definition) is 6. The molecule has 2 aromatic rings. The van der Waals surface area contributed by atoms with Gasteiger partial charge in [-0.3, -0.25) is 4.79 Å². The van der Waals surface area contributed by atoms with Crippen molar-refractivity contribution >= 4 is 29.2 Å². The molecule has 0 saturated carbocycles. The lowest BCUT2D eigenvalue weighted by molar-refractivity contribution is -0.137. The predicted molar refractivity (Wildman–Crippen MR) is 99.0 cm³/mol. The Morgan fingerprint density at radius 1 is 1.38 bits per heavy atom. The molecular formula is C19H20N2O4S. The molecule has 0 aliphatic heterocycles. The molecule has 0 aromatic carbocycles. The third-order valence-corrected chi connectivity index (χ3v) is 4.81. The molecule has 26 heavy (non-hydrogen) atoms. The van der Waals surface area contributed by atoms with Crippen LogP contribution in [0.5, 0.6) is 0 Å². The number of nitriles is 1. The average Bonchev–Trinajstić information content (AvgIpc) is 3.25. The minimum Gasteiger partial charge on any atom is -0.453 e. The summed E-state index contributed by atoms with van der Waals surface area (Å²) < 4.78 is 12.1. The van der Waals surface area contributed by atoms with Crippen LogP contribution in [-0.4, -0.2) is 36.6 Å². The molecule has 0 spiro atoms. The van der Waals surface area contributed by atoms with Gasteiger partial charge in [-0.25, -0.2) is 4.79 Å². The lowest BCUT2D eigenvalue weighted by atomic mass is 10.1. The van der Waals surface area contributed by atoms with Crippen molar-refractivity contribution < 1.29 is 19.1 Å². The van der Waals surface area contributed by atoms with Crippen LogP contribution in [0.25, 0.3) is 6.08 Å². The van der Waals surface area contributed by atoms with Gasteiger partial charge in [-0.2, -0.15) is 5.26 Å². The summed E-state index contributed by atoms with van der Waals surface area (Å²) in [5.74, 6) is -1.09. The maximum Gasteiger partial charge on any atom is 0.349 e. The number of esters is 1. The van der Waals surface area contributed by atoms with E-state index >= 15 is 0 Å². The monoisotopic (exact) mass is 372 g/mol. The maximum atomic E-state index is 12.1. The number of thiophene rings is 1. The second-order valence-corrected chi connectivity index (χ2v) is 6.57. The van der Waals surface area contributed by atoms with Crippen molar-refractivity contribution in [1.29, 1.82) is 5.26 Å². The number of Topliss-reactive ketones (excluding diaryl/α,β-unsaturated/α-hetero) is 1. The lowest BCUT2D eigenvalue weighted by Gasteiger charge is -2.08. The maximum absolute atomic E-state index is 12.1. The van der Waals surface area contributed by atoms with Crippen molar-refractivity contribution in [1.82, 2.24) is 4.57 Å². The molecule has 0 radical (unpaired) electrons. The second kappa shape index (κ2) is 9.13. The second-order valence-electron chi connectivity index (χ2n) is 5.62. The Labute approximate surface area is 156 Å². The van der Waals surface area contributed by atoms with E-state index in [1.54, 1.807) is 24.6 Å². The number of carbonyl (C=O) groups excluding carboxylic acids is 2. The van der Waals surface area contributed by atoms with Crippen LogP contribution in [0.15, 0.2) is 29.2 Å². The fourth-order valence-corrected chi connectivity index (χ4v) is 3.16. The average molecular weight is 372 g/mol. The van der Waals surface area contributed by atoms with Gasteiger partial charge in [0.2, 0.25) is 5.78 Å². The fraction of sp³-hybridized carbons (Fsp3) is 0.316. The van der Waals surface area contributed by atoms with Gasteiger partial charge in [0.25, 0.3) is 0 Å². The fourth-order valence-electron chi connectivity index (χ4n) is 2.51. The first-order valence-electron chi connectivity index (χ1n) is 7.99. The van der Waals surface area contributed by atoms with Gasteiger partial charge < -0.3 is 14.0 Å². The number of aromatic nitrogens is 1. The molecule has 0 aliphatic carbocycles. The predicted octanol–water partition coefficient (Wildman–Crippen LogP) is 3.15. The highest BCUT2D eigenvalue weighted by atomic mass is 32.1. The summed E-state index contributed by atoms with van der Waals surface area (Å²) in [6, 6.07) is 7.16. The quantitative estimate of drug-likeness (QED) is 0.308. The molecule has 7 heteroatoms. The molecule has 0 aliphatic rings. The first-order valence-corrected chi connectivity index (χ1v) is 8.87. The van der Waals surface area contributed by atoms with Crippen molar-refractivity contribution in [3.8, 4) is 6.07 Å². The largest absolute Gasteiger partial charge is 0.453 e. The van der Waals surface area contributed by atoms with Gasteiger partial charge in [0.1, 0.15) is 11.6 Å². The first kappa shape index (κ1) is 19.6. The molecule has 0 fully saturated rings. The van der Waals surface area contributed by atoms with Gasteiger partial charge in [0.15, 0.2) is 6.61 Å². The van der Waals surface area contributed by atoms with Crippen molar-refractivity contribution in [2.75, 3.05) is 20.3 Å². The van der Waals surface area contributed by atoms with Gasteiger partial charge in [-0.15, -0.1) is 11.3 Å². The third-order valence-electron chi connectivity index (χ3n) is 3.90. The summed E-state index contributed by atoms with van der Waals surface area (Å²) >= 11 is 1.28. The molecule has 2 aromatic heterocycles. The summed E-state index contributed by atoms with van der Waals surface area (Å²) in [6.45, 7) is 4.73. The Balaban J connectivity index is 2.11. The van der Waals surface area contributed by atoms with Crippen LogP contribution >= 0.6 is 11.3 Å². The Hall–Kier alpha value is -2.69. The van der Waals surface area contributed by atoms with E-state index < -0.39 is 5.97 Å². The van der Waals surface area contributed by atoms with Crippen LogP contribution in [-0.2, 0) is 20.8 Å². The van der Waals surface area contributed by atoms with Crippen LogP contribution in [0.4, 0.5) is 0 Å². The number of ketones is 1. The highest BCUT2D eigenvalue weighted by Gasteiger charge is 2.16. The lowest BCUT2D eigenvalue weighted by Crippen LogP contribution is -2.14. The third kappa shape index (κ3) is 4.69. The number of aryl methyl sites for hydroxylation is 1. The number of rotatable bonds is 8. The van der Waals surface area contributed by atoms with E-state index in [4.69, 9.17) is 9.47 Å². The number of methoxy groups -OCH3 is 1. The van der Waals surface area contributed by atoms with Crippen molar-refractivity contribution in [3.05, 3.63) is 51.0 Å². The van der Waals surface area contributed by atoms with Crippen LogP contribution < -0.4 is 0 Å². The van der Waals surface area contributed by atoms with E-state index in [0.29, 0.717) is 18.0 Å². The van der Waals surface area contributed by atoms with Crippen molar-refractivity contribution in [2.24, 2.45) is 0 Å². The van der Waals surface area contributed by atoms with Crippen molar-refractivity contribution in [3.63, 3.8) is 0 Å². The van der Waals surface area contributed by atoms with Crippen LogP contribution in [0.2, 0.25) is 0 Å². The molecule has 2 rings (SSSR count). The summed E-state index contributed by atoms with van der Waals surface area (Å²) in [5.41, 5.74) is 2.55. The van der Waals surface area contributed by atoms with E-state index in [1.807, 2.05) is 26.0 Å². The van der Waals surface area contributed by atoms with Crippen LogP contribution in [0, 0.1) is 25.2 Å². The summed E-state index contributed by atoms with van der Waals surface area (Å²) in [7, 11) is 1.64. The smallest absolute Gasteiger partial charge is 0.349 e. The normalized spacial score (nSPS) is 11.2. The Bertz CT molecular complexity index is 857. The number of carbonyl (C=O) groups is 2. The minimum absolute atomic E-state index is 0.143. The Kier molecular flexibility index (Phi) is 6.89.